The van der Waals surface area contributed by atoms with E-state index in [4.69, 9.17) is 10.5 Å². The number of rotatable bonds is 4. The SMILES string of the molecule is CC(C)Oc1ccc(-c2cccnc2CN)cc1. The lowest BCUT2D eigenvalue weighted by Gasteiger charge is -2.11. The van der Waals surface area contributed by atoms with E-state index in [9.17, 15) is 0 Å². The Morgan fingerprint density at radius 1 is 1.17 bits per heavy atom. The van der Waals surface area contributed by atoms with E-state index in [-0.39, 0.29) is 6.10 Å². The highest BCUT2D eigenvalue weighted by atomic mass is 16.5. The molecule has 0 fully saturated rings. The fourth-order valence-corrected chi connectivity index (χ4v) is 1.85. The summed E-state index contributed by atoms with van der Waals surface area (Å²) in [5.74, 6) is 0.881. The summed E-state index contributed by atoms with van der Waals surface area (Å²) in [6.07, 6.45) is 1.95. The molecule has 0 bridgehead atoms. The molecule has 0 aliphatic heterocycles. The van der Waals surface area contributed by atoms with Gasteiger partial charge in [-0.3, -0.25) is 4.98 Å². The number of hydrogen-bond donors (Lipinski definition) is 1. The second-order valence-electron chi connectivity index (χ2n) is 4.39. The Morgan fingerprint density at radius 3 is 2.50 bits per heavy atom. The van der Waals surface area contributed by atoms with E-state index in [1.54, 1.807) is 6.20 Å². The van der Waals surface area contributed by atoms with Crippen molar-refractivity contribution in [1.82, 2.24) is 4.98 Å². The van der Waals surface area contributed by atoms with E-state index in [1.165, 1.54) is 0 Å². The van der Waals surface area contributed by atoms with Gasteiger partial charge in [0.05, 0.1) is 11.8 Å². The van der Waals surface area contributed by atoms with Crippen molar-refractivity contribution in [3.8, 4) is 16.9 Å². The average molecular weight is 242 g/mol. The molecule has 18 heavy (non-hydrogen) atoms. The van der Waals surface area contributed by atoms with Crippen LogP contribution in [0.2, 0.25) is 0 Å². The van der Waals surface area contributed by atoms with Crippen molar-refractivity contribution in [3.05, 3.63) is 48.3 Å². The van der Waals surface area contributed by atoms with Crippen molar-refractivity contribution < 1.29 is 4.74 Å². The Kier molecular flexibility index (Phi) is 3.95. The summed E-state index contributed by atoms with van der Waals surface area (Å²) in [6, 6.07) is 12.0. The lowest BCUT2D eigenvalue weighted by atomic mass is 10.0. The first-order chi connectivity index (χ1) is 8.70. The second-order valence-corrected chi connectivity index (χ2v) is 4.39. The Bertz CT molecular complexity index is 506. The highest BCUT2D eigenvalue weighted by Gasteiger charge is 2.05. The van der Waals surface area contributed by atoms with Crippen molar-refractivity contribution in [2.45, 2.75) is 26.5 Å². The van der Waals surface area contributed by atoms with Crippen molar-refractivity contribution >= 4 is 0 Å². The van der Waals surface area contributed by atoms with Gasteiger partial charge < -0.3 is 10.5 Å². The monoisotopic (exact) mass is 242 g/mol. The minimum absolute atomic E-state index is 0.189. The molecule has 2 N–H and O–H groups in total. The van der Waals surface area contributed by atoms with Crippen LogP contribution in [0.15, 0.2) is 42.6 Å². The van der Waals surface area contributed by atoms with Gasteiger partial charge in [0.15, 0.2) is 0 Å². The molecular formula is C15H18N2O. The zero-order valence-corrected chi connectivity index (χ0v) is 10.8. The summed E-state index contributed by atoms with van der Waals surface area (Å²) in [4.78, 5) is 4.29. The van der Waals surface area contributed by atoms with E-state index in [2.05, 4.69) is 4.98 Å². The molecule has 0 atom stereocenters. The van der Waals surface area contributed by atoms with Crippen molar-refractivity contribution in [2.75, 3.05) is 0 Å². The van der Waals surface area contributed by atoms with Crippen LogP contribution in [0.4, 0.5) is 0 Å². The highest BCUT2D eigenvalue weighted by molar-refractivity contribution is 5.66. The first-order valence-corrected chi connectivity index (χ1v) is 6.11. The Hall–Kier alpha value is -1.87. The third kappa shape index (κ3) is 2.87. The predicted octanol–water partition coefficient (Wildman–Crippen LogP) is 2.99. The molecular weight excluding hydrogens is 224 g/mol. The molecule has 0 aliphatic carbocycles. The zero-order chi connectivity index (χ0) is 13.0. The third-order valence-corrected chi connectivity index (χ3v) is 2.62. The first-order valence-electron chi connectivity index (χ1n) is 6.11. The molecule has 0 radical (unpaired) electrons. The van der Waals surface area contributed by atoms with Gasteiger partial charge in [0.2, 0.25) is 0 Å². The minimum atomic E-state index is 0.189. The fraction of sp³-hybridized carbons (Fsp3) is 0.267. The van der Waals surface area contributed by atoms with Crippen LogP contribution in [0, 0.1) is 0 Å². The van der Waals surface area contributed by atoms with Crippen molar-refractivity contribution in [1.29, 1.82) is 0 Å². The van der Waals surface area contributed by atoms with Crippen LogP contribution in [0.25, 0.3) is 11.1 Å². The third-order valence-electron chi connectivity index (χ3n) is 2.62. The topological polar surface area (TPSA) is 48.1 Å². The van der Waals surface area contributed by atoms with E-state index < -0.39 is 0 Å². The van der Waals surface area contributed by atoms with Crippen LogP contribution < -0.4 is 10.5 Å². The summed E-state index contributed by atoms with van der Waals surface area (Å²) in [6.45, 7) is 4.48. The molecule has 2 rings (SSSR count). The first kappa shape index (κ1) is 12.6. The second kappa shape index (κ2) is 5.65. The van der Waals surface area contributed by atoms with E-state index in [1.807, 2.05) is 50.2 Å². The van der Waals surface area contributed by atoms with Crippen molar-refractivity contribution in [3.63, 3.8) is 0 Å². The van der Waals surface area contributed by atoms with Gasteiger partial charge in [-0.1, -0.05) is 18.2 Å². The van der Waals surface area contributed by atoms with Gasteiger partial charge in [0.1, 0.15) is 5.75 Å². The Balaban J connectivity index is 2.28. The summed E-state index contributed by atoms with van der Waals surface area (Å²) < 4.78 is 5.62. The maximum Gasteiger partial charge on any atom is 0.119 e. The predicted molar refractivity (Wildman–Crippen MR) is 73.3 cm³/mol. The molecule has 1 heterocycles. The van der Waals surface area contributed by atoms with Crippen LogP contribution in [0.1, 0.15) is 19.5 Å². The Morgan fingerprint density at radius 2 is 1.89 bits per heavy atom. The molecule has 1 aromatic heterocycles. The van der Waals surface area contributed by atoms with Gasteiger partial charge in [0.25, 0.3) is 0 Å². The highest BCUT2D eigenvalue weighted by Crippen LogP contribution is 2.24. The van der Waals surface area contributed by atoms with E-state index >= 15 is 0 Å². The molecule has 1 aromatic carbocycles. The molecule has 0 amide bonds. The summed E-state index contributed by atoms with van der Waals surface area (Å²) >= 11 is 0. The standard InChI is InChI=1S/C15H18N2O/c1-11(2)18-13-7-5-12(6-8-13)14-4-3-9-17-15(14)10-16/h3-9,11H,10,16H2,1-2H3. The maximum absolute atomic E-state index is 5.70. The zero-order valence-electron chi connectivity index (χ0n) is 10.8. The summed E-state index contributed by atoms with van der Waals surface area (Å²) in [5, 5.41) is 0. The van der Waals surface area contributed by atoms with Crippen LogP contribution in [-0.4, -0.2) is 11.1 Å². The van der Waals surface area contributed by atoms with Crippen LogP contribution in [0.3, 0.4) is 0 Å². The molecule has 0 unspecified atom stereocenters. The summed E-state index contributed by atoms with van der Waals surface area (Å²) in [5.41, 5.74) is 8.80. The lowest BCUT2D eigenvalue weighted by molar-refractivity contribution is 0.242. The van der Waals surface area contributed by atoms with Gasteiger partial charge in [-0.25, -0.2) is 0 Å². The number of pyridine rings is 1. The van der Waals surface area contributed by atoms with Gasteiger partial charge >= 0.3 is 0 Å². The van der Waals surface area contributed by atoms with Crippen LogP contribution >= 0.6 is 0 Å². The molecule has 0 saturated carbocycles. The minimum Gasteiger partial charge on any atom is -0.491 e. The van der Waals surface area contributed by atoms with E-state index in [0.29, 0.717) is 6.54 Å². The molecule has 0 aliphatic rings. The smallest absolute Gasteiger partial charge is 0.119 e. The molecule has 2 aromatic rings. The largest absolute Gasteiger partial charge is 0.491 e. The molecule has 3 heteroatoms. The van der Waals surface area contributed by atoms with Gasteiger partial charge in [0, 0.05) is 18.3 Å². The maximum atomic E-state index is 5.70. The number of aromatic nitrogens is 1. The number of ether oxygens (including phenoxy) is 1. The van der Waals surface area contributed by atoms with Gasteiger partial charge in [-0.15, -0.1) is 0 Å². The van der Waals surface area contributed by atoms with Crippen molar-refractivity contribution in [2.24, 2.45) is 5.73 Å². The number of hydrogen-bond acceptors (Lipinski definition) is 3. The molecule has 94 valence electrons. The van der Waals surface area contributed by atoms with Crippen LogP contribution in [-0.2, 0) is 6.54 Å². The average Bonchev–Trinajstić information content (AvgIpc) is 2.39. The van der Waals surface area contributed by atoms with Crippen LogP contribution in [0.5, 0.6) is 5.75 Å². The number of nitrogens with zero attached hydrogens (tertiary/aromatic N) is 1. The quantitative estimate of drug-likeness (QED) is 0.896. The molecule has 0 spiro atoms. The van der Waals surface area contributed by atoms with Gasteiger partial charge in [-0.2, -0.15) is 0 Å². The molecule has 3 nitrogen and oxygen atoms in total. The number of benzene rings is 1. The number of nitrogens with two attached hydrogens (primary N) is 1. The molecule has 0 saturated heterocycles. The van der Waals surface area contributed by atoms with E-state index in [0.717, 1.165) is 22.6 Å². The fourth-order valence-electron chi connectivity index (χ4n) is 1.85. The summed E-state index contributed by atoms with van der Waals surface area (Å²) in [7, 11) is 0. The normalized spacial score (nSPS) is 10.7. The van der Waals surface area contributed by atoms with Gasteiger partial charge in [-0.05, 0) is 37.6 Å². The lowest BCUT2D eigenvalue weighted by Crippen LogP contribution is -2.05. The Labute approximate surface area is 108 Å².